The fourth-order valence-electron chi connectivity index (χ4n) is 3.92. The lowest BCUT2D eigenvalue weighted by atomic mass is 10.00. The highest BCUT2D eigenvalue weighted by Crippen LogP contribution is 2.22. The summed E-state index contributed by atoms with van der Waals surface area (Å²) in [5, 5.41) is 13.9. The third-order valence-corrected chi connectivity index (χ3v) is 5.86. The lowest BCUT2D eigenvalue weighted by Crippen LogP contribution is -2.40. The second-order valence-electron chi connectivity index (χ2n) is 7.75. The zero-order chi connectivity index (χ0) is 20.9. The largest absolute Gasteiger partial charge is 0.390 e. The molecule has 7 nitrogen and oxygen atoms in total. The third-order valence-electron chi connectivity index (χ3n) is 5.57. The van der Waals surface area contributed by atoms with Crippen LogP contribution in [0.2, 0.25) is 5.02 Å². The normalized spacial score (nSPS) is 18.0. The van der Waals surface area contributed by atoms with E-state index in [9.17, 15) is 9.90 Å². The number of hydrogen-bond donors (Lipinski definition) is 2. The van der Waals surface area contributed by atoms with Crippen LogP contribution in [0.3, 0.4) is 0 Å². The van der Waals surface area contributed by atoms with Crippen LogP contribution < -0.4 is 5.32 Å². The second-order valence-corrected chi connectivity index (χ2v) is 8.15. The van der Waals surface area contributed by atoms with E-state index in [1.807, 2.05) is 0 Å². The van der Waals surface area contributed by atoms with Crippen molar-refractivity contribution in [2.75, 3.05) is 51.3 Å². The Morgan fingerprint density at radius 1 is 1.23 bits per heavy atom. The maximum atomic E-state index is 12.5. The van der Waals surface area contributed by atoms with Gasteiger partial charge in [-0.1, -0.05) is 35.9 Å². The number of amides is 1. The summed E-state index contributed by atoms with van der Waals surface area (Å²) >= 11 is 6.33. The summed E-state index contributed by atoms with van der Waals surface area (Å²) in [5.41, 5.74) is 3.18. The van der Waals surface area contributed by atoms with Gasteiger partial charge in [-0.05, 0) is 23.6 Å². The highest BCUT2D eigenvalue weighted by Gasteiger charge is 2.21. The number of aliphatic hydroxyl groups is 1. The van der Waals surface area contributed by atoms with Crippen molar-refractivity contribution in [1.82, 2.24) is 14.8 Å². The molecular weight excluding hydrogens is 404 g/mol. The van der Waals surface area contributed by atoms with Crippen molar-refractivity contribution >= 4 is 23.3 Å². The van der Waals surface area contributed by atoms with Crippen LogP contribution in [0.1, 0.15) is 21.5 Å². The third kappa shape index (κ3) is 5.10. The van der Waals surface area contributed by atoms with Crippen LogP contribution in [0.15, 0.2) is 36.5 Å². The molecule has 0 bridgehead atoms. The molecule has 2 N–H and O–H groups in total. The molecule has 1 aromatic carbocycles. The van der Waals surface area contributed by atoms with E-state index < -0.39 is 6.10 Å². The molecule has 30 heavy (non-hydrogen) atoms. The lowest BCUT2D eigenvalue weighted by Gasteiger charge is -2.30. The van der Waals surface area contributed by atoms with Gasteiger partial charge >= 0.3 is 0 Å². The SMILES string of the molecule is O=C(c1cnc(NCC(O)CN2CCc3ccccc3C2)c(Cl)c1)N1CCOCC1. The Labute approximate surface area is 181 Å². The number of aliphatic hydroxyl groups excluding tert-OH is 1. The van der Waals surface area contributed by atoms with Gasteiger partial charge in [0.1, 0.15) is 5.82 Å². The number of benzene rings is 1. The van der Waals surface area contributed by atoms with Crippen LogP contribution >= 0.6 is 11.6 Å². The number of rotatable bonds is 6. The van der Waals surface area contributed by atoms with Crippen LogP contribution in [-0.4, -0.2) is 77.8 Å². The first-order valence-electron chi connectivity index (χ1n) is 10.3. The number of pyridine rings is 1. The van der Waals surface area contributed by atoms with Gasteiger partial charge in [0, 0.05) is 45.5 Å². The highest BCUT2D eigenvalue weighted by atomic mass is 35.5. The molecule has 1 unspecified atom stereocenters. The van der Waals surface area contributed by atoms with Crippen LogP contribution in [0.4, 0.5) is 5.82 Å². The molecule has 2 aliphatic heterocycles. The molecule has 1 aromatic heterocycles. The predicted octanol–water partition coefficient (Wildman–Crippen LogP) is 2.04. The Morgan fingerprint density at radius 2 is 2.00 bits per heavy atom. The van der Waals surface area contributed by atoms with E-state index in [0.717, 1.165) is 19.5 Å². The zero-order valence-electron chi connectivity index (χ0n) is 16.9. The number of morpholine rings is 1. The molecule has 0 saturated carbocycles. The smallest absolute Gasteiger partial charge is 0.255 e. The van der Waals surface area contributed by atoms with E-state index in [4.69, 9.17) is 16.3 Å². The monoisotopic (exact) mass is 430 g/mol. The quantitative estimate of drug-likeness (QED) is 0.730. The van der Waals surface area contributed by atoms with Gasteiger partial charge in [-0.25, -0.2) is 4.98 Å². The minimum Gasteiger partial charge on any atom is -0.390 e. The Hall–Kier alpha value is -2.19. The molecule has 1 saturated heterocycles. The van der Waals surface area contributed by atoms with Crippen LogP contribution in [0.25, 0.3) is 0 Å². The van der Waals surface area contributed by atoms with Gasteiger partial charge in [-0.2, -0.15) is 0 Å². The van der Waals surface area contributed by atoms with Crippen molar-refractivity contribution in [2.24, 2.45) is 0 Å². The Balaban J connectivity index is 1.29. The van der Waals surface area contributed by atoms with Gasteiger partial charge in [-0.3, -0.25) is 9.69 Å². The predicted molar refractivity (Wildman–Crippen MR) is 116 cm³/mol. The van der Waals surface area contributed by atoms with E-state index in [1.165, 1.54) is 17.3 Å². The fourth-order valence-corrected chi connectivity index (χ4v) is 4.15. The first kappa shape index (κ1) is 21.1. The minimum atomic E-state index is -0.553. The number of nitrogens with zero attached hydrogens (tertiary/aromatic N) is 3. The van der Waals surface area contributed by atoms with E-state index in [-0.39, 0.29) is 5.91 Å². The molecule has 4 rings (SSSR count). The van der Waals surface area contributed by atoms with Gasteiger partial charge in [0.2, 0.25) is 0 Å². The molecule has 0 spiro atoms. The van der Waals surface area contributed by atoms with Gasteiger partial charge < -0.3 is 20.1 Å². The second kappa shape index (κ2) is 9.75. The van der Waals surface area contributed by atoms with Gasteiger partial charge in [0.25, 0.3) is 5.91 Å². The summed E-state index contributed by atoms with van der Waals surface area (Å²) in [6.45, 7) is 4.94. The number of ether oxygens (including phenoxy) is 1. The molecule has 0 radical (unpaired) electrons. The van der Waals surface area contributed by atoms with Crippen molar-refractivity contribution in [1.29, 1.82) is 0 Å². The Kier molecular flexibility index (Phi) is 6.84. The van der Waals surface area contributed by atoms with Crippen LogP contribution in [-0.2, 0) is 17.7 Å². The summed E-state index contributed by atoms with van der Waals surface area (Å²) < 4.78 is 5.28. The van der Waals surface area contributed by atoms with E-state index in [1.54, 1.807) is 11.0 Å². The number of carbonyl (C=O) groups is 1. The van der Waals surface area contributed by atoms with Gasteiger partial charge in [0.15, 0.2) is 0 Å². The summed E-state index contributed by atoms with van der Waals surface area (Å²) in [5.74, 6) is 0.378. The molecule has 0 aliphatic carbocycles. The fraction of sp³-hybridized carbons (Fsp3) is 0.455. The molecule has 1 fully saturated rings. The Bertz CT molecular complexity index is 888. The summed E-state index contributed by atoms with van der Waals surface area (Å²) in [6, 6.07) is 10.1. The number of carbonyl (C=O) groups excluding carboxylic acids is 1. The van der Waals surface area contributed by atoms with Crippen molar-refractivity contribution in [3.05, 3.63) is 58.2 Å². The van der Waals surface area contributed by atoms with Crippen LogP contribution in [0, 0.1) is 0 Å². The number of fused-ring (bicyclic) bond motifs is 1. The average Bonchev–Trinajstić information content (AvgIpc) is 2.78. The van der Waals surface area contributed by atoms with Crippen molar-refractivity contribution in [2.45, 2.75) is 19.1 Å². The Morgan fingerprint density at radius 3 is 2.77 bits per heavy atom. The zero-order valence-corrected chi connectivity index (χ0v) is 17.6. The van der Waals surface area contributed by atoms with Crippen molar-refractivity contribution in [3.8, 4) is 0 Å². The van der Waals surface area contributed by atoms with E-state index >= 15 is 0 Å². The van der Waals surface area contributed by atoms with Crippen molar-refractivity contribution in [3.63, 3.8) is 0 Å². The average molecular weight is 431 g/mol. The summed E-state index contributed by atoms with van der Waals surface area (Å²) in [6.07, 6.45) is 1.98. The lowest BCUT2D eigenvalue weighted by molar-refractivity contribution is 0.0302. The number of anilines is 1. The maximum absolute atomic E-state index is 12.5. The first-order chi connectivity index (χ1) is 14.6. The molecule has 2 aromatic rings. The molecule has 2 aliphatic rings. The van der Waals surface area contributed by atoms with E-state index in [0.29, 0.717) is 55.8 Å². The van der Waals surface area contributed by atoms with E-state index in [2.05, 4.69) is 39.5 Å². The number of halogens is 1. The first-order valence-corrected chi connectivity index (χ1v) is 10.7. The topological polar surface area (TPSA) is 77.9 Å². The van der Waals surface area contributed by atoms with Gasteiger partial charge in [0.05, 0.1) is 29.9 Å². The number of hydrogen-bond acceptors (Lipinski definition) is 6. The number of nitrogens with one attached hydrogen (secondary N) is 1. The standard InChI is InChI=1S/C22H27ClN4O3/c23-20-11-18(22(29)27-7-9-30-10-8-27)12-24-21(20)25-13-19(28)15-26-6-5-16-3-1-2-4-17(16)14-26/h1-4,11-12,19,28H,5-10,13-15H2,(H,24,25). The molecule has 1 amide bonds. The summed E-state index contributed by atoms with van der Waals surface area (Å²) in [7, 11) is 0. The number of β-amino-alcohol motifs (C(OH)–C–C–N with tert-alkyl or cyclic N) is 1. The molecule has 8 heteroatoms. The van der Waals surface area contributed by atoms with Crippen molar-refractivity contribution < 1.29 is 14.6 Å². The molecule has 3 heterocycles. The maximum Gasteiger partial charge on any atom is 0.255 e. The molecular formula is C22H27ClN4O3. The molecule has 1 atom stereocenters. The van der Waals surface area contributed by atoms with Gasteiger partial charge in [-0.15, -0.1) is 0 Å². The molecule has 160 valence electrons. The van der Waals surface area contributed by atoms with Crippen LogP contribution in [0.5, 0.6) is 0 Å². The summed E-state index contributed by atoms with van der Waals surface area (Å²) in [4.78, 5) is 20.8. The number of aromatic nitrogens is 1. The highest BCUT2D eigenvalue weighted by molar-refractivity contribution is 6.33. The minimum absolute atomic E-state index is 0.0929.